The molecule has 2 aromatic heterocycles. The molecule has 154 valence electrons. The number of nitrogens with zero attached hydrogens (tertiary/aromatic N) is 4. The molecule has 0 aliphatic carbocycles. The van der Waals surface area contributed by atoms with E-state index in [1.54, 1.807) is 12.4 Å². The summed E-state index contributed by atoms with van der Waals surface area (Å²) in [6.45, 7) is 3.42. The van der Waals surface area contributed by atoms with Crippen molar-refractivity contribution in [2.45, 2.75) is 25.8 Å². The van der Waals surface area contributed by atoms with Gasteiger partial charge in [-0.05, 0) is 54.5 Å². The van der Waals surface area contributed by atoms with Gasteiger partial charge in [0.1, 0.15) is 0 Å². The molecule has 1 aromatic carbocycles. The van der Waals surface area contributed by atoms with Crippen molar-refractivity contribution in [2.24, 2.45) is 5.92 Å². The zero-order valence-electron chi connectivity index (χ0n) is 16.8. The Morgan fingerprint density at radius 2 is 1.93 bits per heavy atom. The second-order valence-corrected chi connectivity index (χ2v) is 8.88. The summed E-state index contributed by atoms with van der Waals surface area (Å²) in [7, 11) is 0. The molecule has 3 aromatic rings. The predicted octanol–water partition coefficient (Wildman–Crippen LogP) is 3.96. The smallest absolute Gasteiger partial charge is 0.229 e. The summed E-state index contributed by atoms with van der Waals surface area (Å²) in [4.78, 5) is 27.8. The standard InChI is InChI=1S/C23H25N5OS/c29-22(18-5-3-12-28(16-18)23-24-10-4-11-25-23)26-19-6-1-2-7-20(19)27-13-8-21-17(15-27)9-14-30-21/h1-2,4,6-7,9-11,14,18H,3,5,8,12-13,15-16H2,(H,26,29)/t18-/m0/s1. The van der Waals surface area contributed by atoms with Crippen LogP contribution < -0.4 is 15.1 Å². The minimum Gasteiger partial charge on any atom is -0.365 e. The molecule has 1 saturated heterocycles. The molecule has 4 heterocycles. The van der Waals surface area contributed by atoms with Crippen LogP contribution in [0.15, 0.2) is 54.2 Å². The molecule has 1 fully saturated rings. The molecule has 0 unspecified atom stereocenters. The van der Waals surface area contributed by atoms with Gasteiger partial charge in [0.05, 0.1) is 17.3 Å². The first-order valence-corrected chi connectivity index (χ1v) is 11.4. The van der Waals surface area contributed by atoms with Gasteiger partial charge in [0, 0.05) is 43.4 Å². The first kappa shape index (κ1) is 19.1. The van der Waals surface area contributed by atoms with Crippen LogP contribution in [-0.4, -0.2) is 35.5 Å². The van der Waals surface area contributed by atoms with Gasteiger partial charge < -0.3 is 15.1 Å². The van der Waals surface area contributed by atoms with E-state index in [4.69, 9.17) is 0 Å². The van der Waals surface area contributed by atoms with Gasteiger partial charge in [-0.15, -0.1) is 11.3 Å². The van der Waals surface area contributed by atoms with Gasteiger partial charge in [0.15, 0.2) is 0 Å². The van der Waals surface area contributed by atoms with Crippen molar-refractivity contribution < 1.29 is 4.79 Å². The minimum absolute atomic E-state index is 0.0690. The fourth-order valence-corrected chi connectivity index (χ4v) is 5.26. The largest absolute Gasteiger partial charge is 0.365 e. The highest BCUT2D eigenvalue weighted by atomic mass is 32.1. The van der Waals surface area contributed by atoms with Crippen LogP contribution in [0.4, 0.5) is 17.3 Å². The van der Waals surface area contributed by atoms with E-state index in [0.29, 0.717) is 12.5 Å². The Morgan fingerprint density at radius 3 is 2.83 bits per heavy atom. The third-order valence-electron chi connectivity index (χ3n) is 5.94. The van der Waals surface area contributed by atoms with E-state index in [2.05, 4.69) is 42.6 Å². The lowest BCUT2D eigenvalue weighted by molar-refractivity contribution is -0.120. The van der Waals surface area contributed by atoms with Crippen molar-refractivity contribution in [3.05, 3.63) is 64.6 Å². The van der Waals surface area contributed by atoms with Gasteiger partial charge >= 0.3 is 0 Å². The Morgan fingerprint density at radius 1 is 1.07 bits per heavy atom. The number of piperidine rings is 1. The van der Waals surface area contributed by atoms with Crippen LogP contribution in [-0.2, 0) is 17.8 Å². The molecule has 2 aliphatic rings. The third-order valence-corrected chi connectivity index (χ3v) is 6.96. The van der Waals surface area contributed by atoms with Crippen molar-refractivity contribution in [3.63, 3.8) is 0 Å². The molecule has 0 radical (unpaired) electrons. The number of fused-ring (bicyclic) bond motifs is 1. The van der Waals surface area contributed by atoms with E-state index >= 15 is 0 Å². The van der Waals surface area contributed by atoms with Gasteiger partial charge in [-0.1, -0.05) is 12.1 Å². The van der Waals surface area contributed by atoms with E-state index in [1.807, 2.05) is 35.6 Å². The van der Waals surface area contributed by atoms with Gasteiger partial charge in [-0.3, -0.25) is 4.79 Å². The van der Waals surface area contributed by atoms with Crippen LogP contribution in [0, 0.1) is 5.92 Å². The van der Waals surface area contributed by atoms with Gasteiger partial charge in [-0.2, -0.15) is 0 Å². The number of anilines is 3. The lowest BCUT2D eigenvalue weighted by Crippen LogP contribution is -2.41. The van der Waals surface area contributed by atoms with Crippen molar-refractivity contribution >= 4 is 34.6 Å². The Kier molecular flexibility index (Phi) is 5.36. The summed E-state index contributed by atoms with van der Waals surface area (Å²) < 4.78 is 0. The van der Waals surface area contributed by atoms with Gasteiger partial charge in [0.2, 0.25) is 11.9 Å². The lowest BCUT2D eigenvalue weighted by Gasteiger charge is -2.33. The second-order valence-electron chi connectivity index (χ2n) is 7.88. The fourth-order valence-electron chi connectivity index (χ4n) is 4.37. The number of amides is 1. The van der Waals surface area contributed by atoms with Crippen LogP contribution in [0.25, 0.3) is 0 Å². The van der Waals surface area contributed by atoms with Crippen molar-refractivity contribution in [2.75, 3.05) is 34.8 Å². The summed E-state index contributed by atoms with van der Waals surface area (Å²) in [5, 5.41) is 5.40. The Labute approximate surface area is 180 Å². The zero-order chi connectivity index (χ0) is 20.3. The first-order valence-electron chi connectivity index (χ1n) is 10.5. The number of carbonyl (C=O) groups excluding carboxylic acids is 1. The summed E-state index contributed by atoms with van der Waals surface area (Å²) >= 11 is 1.84. The number of rotatable bonds is 4. The zero-order valence-corrected chi connectivity index (χ0v) is 17.6. The molecule has 7 heteroatoms. The molecule has 0 bridgehead atoms. The summed E-state index contributed by atoms with van der Waals surface area (Å²) in [5.41, 5.74) is 3.40. The van der Waals surface area contributed by atoms with Crippen LogP contribution in [0.3, 0.4) is 0 Å². The number of nitrogens with one attached hydrogen (secondary N) is 1. The monoisotopic (exact) mass is 419 g/mol. The molecule has 6 nitrogen and oxygen atoms in total. The van der Waals surface area contributed by atoms with E-state index in [1.165, 1.54) is 10.4 Å². The molecule has 2 aliphatic heterocycles. The van der Waals surface area contributed by atoms with Crippen molar-refractivity contribution in [3.8, 4) is 0 Å². The highest BCUT2D eigenvalue weighted by Crippen LogP contribution is 2.33. The number of thiophene rings is 1. The Bertz CT molecular complexity index is 1020. The van der Waals surface area contributed by atoms with Crippen LogP contribution in [0.2, 0.25) is 0 Å². The highest BCUT2D eigenvalue weighted by Gasteiger charge is 2.28. The lowest BCUT2D eigenvalue weighted by atomic mass is 9.97. The molecular formula is C23H25N5OS. The average molecular weight is 420 g/mol. The number of carbonyl (C=O) groups is 1. The molecular weight excluding hydrogens is 394 g/mol. The van der Waals surface area contributed by atoms with Gasteiger partial charge in [0.25, 0.3) is 0 Å². The number of hydrogen-bond acceptors (Lipinski definition) is 6. The van der Waals surface area contributed by atoms with E-state index in [-0.39, 0.29) is 11.8 Å². The normalized spacial score (nSPS) is 18.7. The maximum absolute atomic E-state index is 13.1. The number of aromatic nitrogens is 2. The fraction of sp³-hybridized carbons (Fsp3) is 0.348. The highest BCUT2D eigenvalue weighted by molar-refractivity contribution is 7.10. The maximum Gasteiger partial charge on any atom is 0.229 e. The first-order chi connectivity index (χ1) is 14.8. The maximum atomic E-state index is 13.1. The molecule has 0 saturated carbocycles. The SMILES string of the molecule is O=C(Nc1ccccc1N1CCc2sccc2C1)[C@H]1CCCN(c2ncccn2)C1. The summed E-state index contributed by atoms with van der Waals surface area (Å²) in [6.07, 6.45) is 6.41. The predicted molar refractivity (Wildman–Crippen MR) is 121 cm³/mol. The number of benzene rings is 1. The van der Waals surface area contributed by atoms with Crippen molar-refractivity contribution in [1.82, 2.24) is 9.97 Å². The number of hydrogen-bond donors (Lipinski definition) is 1. The topological polar surface area (TPSA) is 61.4 Å². The van der Waals surface area contributed by atoms with E-state index < -0.39 is 0 Å². The second kappa shape index (κ2) is 8.44. The Hall–Kier alpha value is -2.93. The Balaban J connectivity index is 1.30. The quantitative estimate of drug-likeness (QED) is 0.694. The molecule has 1 N–H and O–H groups in total. The third kappa shape index (κ3) is 3.89. The summed E-state index contributed by atoms with van der Waals surface area (Å²) in [5.74, 6) is 0.715. The van der Waals surface area contributed by atoms with Crippen LogP contribution in [0.5, 0.6) is 0 Å². The minimum atomic E-state index is -0.0690. The van der Waals surface area contributed by atoms with Crippen LogP contribution >= 0.6 is 11.3 Å². The van der Waals surface area contributed by atoms with E-state index in [0.717, 1.165) is 50.3 Å². The number of para-hydroxylation sites is 2. The van der Waals surface area contributed by atoms with Crippen LogP contribution in [0.1, 0.15) is 23.3 Å². The molecule has 0 spiro atoms. The molecule has 30 heavy (non-hydrogen) atoms. The molecule has 1 atom stereocenters. The van der Waals surface area contributed by atoms with E-state index in [9.17, 15) is 4.79 Å². The van der Waals surface area contributed by atoms with Crippen molar-refractivity contribution in [1.29, 1.82) is 0 Å². The molecule has 1 amide bonds. The van der Waals surface area contributed by atoms with Gasteiger partial charge in [-0.25, -0.2) is 9.97 Å². The average Bonchev–Trinajstić information content (AvgIpc) is 3.28. The summed E-state index contributed by atoms with van der Waals surface area (Å²) in [6, 6.07) is 12.2. The molecule has 5 rings (SSSR count).